The van der Waals surface area contributed by atoms with Gasteiger partial charge in [-0.15, -0.1) is 4.99 Å². The van der Waals surface area contributed by atoms with Gasteiger partial charge in [0, 0.05) is 13.2 Å². The fourth-order valence-electron chi connectivity index (χ4n) is 0.951. The van der Waals surface area contributed by atoms with Gasteiger partial charge in [-0.05, 0) is 0 Å². The average molecular weight is 153 g/mol. The SMILES string of the molecule is CN1CN2C=COC2=NC1=O. The van der Waals surface area contributed by atoms with Crippen molar-refractivity contribution in [1.29, 1.82) is 0 Å². The van der Waals surface area contributed by atoms with Gasteiger partial charge in [0.2, 0.25) is 0 Å². The van der Waals surface area contributed by atoms with Gasteiger partial charge in [0.05, 0.1) is 0 Å². The predicted molar refractivity (Wildman–Crippen MR) is 37.5 cm³/mol. The highest BCUT2D eigenvalue weighted by molar-refractivity contribution is 5.92. The van der Waals surface area contributed by atoms with Gasteiger partial charge in [-0.2, -0.15) is 0 Å². The Morgan fingerprint density at radius 3 is 3.36 bits per heavy atom. The summed E-state index contributed by atoms with van der Waals surface area (Å²) in [6, 6.07) is 0.105. The predicted octanol–water partition coefficient (Wildman–Crippen LogP) is 0.169. The van der Waals surface area contributed by atoms with Crippen molar-refractivity contribution in [3.05, 3.63) is 12.5 Å². The highest BCUT2D eigenvalue weighted by Gasteiger charge is 2.25. The summed E-state index contributed by atoms with van der Waals surface area (Å²) in [4.78, 5) is 17.9. The maximum atomic E-state index is 10.9. The Labute approximate surface area is 63.6 Å². The number of ether oxygens (including phenoxy) is 1. The second-order valence-corrected chi connectivity index (χ2v) is 2.39. The summed E-state index contributed by atoms with van der Waals surface area (Å²) >= 11 is 0. The molecule has 2 heterocycles. The molecule has 0 saturated heterocycles. The van der Waals surface area contributed by atoms with Crippen LogP contribution in [0, 0.1) is 0 Å². The maximum Gasteiger partial charge on any atom is 0.349 e. The van der Waals surface area contributed by atoms with Crippen molar-refractivity contribution >= 4 is 12.1 Å². The van der Waals surface area contributed by atoms with Gasteiger partial charge in [-0.1, -0.05) is 0 Å². The zero-order valence-electron chi connectivity index (χ0n) is 6.02. The van der Waals surface area contributed by atoms with Crippen LogP contribution in [0.2, 0.25) is 0 Å². The highest BCUT2D eigenvalue weighted by atomic mass is 16.5. The molecule has 5 heteroatoms. The second-order valence-electron chi connectivity index (χ2n) is 2.39. The molecule has 0 aromatic heterocycles. The topological polar surface area (TPSA) is 45.1 Å². The standard InChI is InChI=1S/C6H7N3O2/c1-8-4-9-2-3-11-6(9)7-5(8)10/h2-3H,4H2,1H3. The first kappa shape index (κ1) is 6.21. The summed E-state index contributed by atoms with van der Waals surface area (Å²) in [5, 5.41) is 0. The van der Waals surface area contributed by atoms with E-state index >= 15 is 0 Å². The average Bonchev–Trinajstić information content (AvgIpc) is 2.36. The smallest absolute Gasteiger partial charge is 0.349 e. The van der Waals surface area contributed by atoms with Crippen molar-refractivity contribution in [1.82, 2.24) is 9.80 Å². The number of amidine groups is 1. The number of carbonyl (C=O) groups excluding carboxylic acids is 1. The third-order valence-electron chi connectivity index (χ3n) is 1.54. The Kier molecular flexibility index (Phi) is 1.12. The summed E-state index contributed by atoms with van der Waals surface area (Å²) in [7, 11) is 1.69. The molecular weight excluding hydrogens is 146 g/mol. The molecule has 2 aliphatic rings. The molecule has 0 spiro atoms. The third kappa shape index (κ3) is 0.849. The number of urea groups is 1. The largest absolute Gasteiger partial charge is 0.432 e. The number of hydrogen-bond donors (Lipinski definition) is 0. The van der Waals surface area contributed by atoms with E-state index in [1.54, 1.807) is 18.1 Å². The molecule has 0 saturated carbocycles. The lowest BCUT2D eigenvalue weighted by molar-refractivity contribution is 0.194. The van der Waals surface area contributed by atoms with Crippen LogP contribution in [0.4, 0.5) is 4.79 Å². The molecule has 2 aliphatic heterocycles. The van der Waals surface area contributed by atoms with Crippen LogP contribution in [-0.4, -0.2) is 35.6 Å². The van der Waals surface area contributed by atoms with Gasteiger partial charge in [-0.25, -0.2) is 4.79 Å². The zero-order valence-corrected chi connectivity index (χ0v) is 6.02. The van der Waals surface area contributed by atoms with E-state index in [2.05, 4.69) is 4.99 Å². The Bertz CT molecular complexity index is 259. The second kappa shape index (κ2) is 1.98. The van der Waals surface area contributed by atoms with Crippen LogP contribution in [0.15, 0.2) is 17.5 Å². The van der Waals surface area contributed by atoms with Gasteiger partial charge in [-0.3, -0.25) is 4.90 Å². The monoisotopic (exact) mass is 153 g/mol. The van der Waals surface area contributed by atoms with Crippen molar-refractivity contribution in [2.45, 2.75) is 0 Å². The lowest BCUT2D eigenvalue weighted by Gasteiger charge is -2.25. The van der Waals surface area contributed by atoms with Crippen LogP contribution in [0.1, 0.15) is 0 Å². The third-order valence-corrected chi connectivity index (χ3v) is 1.54. The van der Waals surface area contributed by atoms with Gasteiger partial charge >= 0.3 is 12.1 Å². The molecule has 0 aromatic rings. The summed E-state index contributed by atoms with van der Waals surface area (Å²) in [5.41, 5.74) is 0. The Balaban J connectivity index is 2.29. The molecule has 0 bridgehead atoms. The van der Waals surface area contributed by atoms with Crippen LogP contribution >= 0.6 is 0 Å². The summed E-state index contributed by atoms with van der Waals surface area (Å²) in [6.45, 7) is 0.508. The minimum Gasteiger partial charge on any atom is -0.432 e. The van der Waals surface area contributed by atoms with E-state index in [9.17, 15) is 4.79 Å². The molecule has 0 unspecified atom stereocenters. The van der Waals surface area contributed by atoms with E-state index in [4.69, 9.17) is 4.74 Å². The van der Waals surface area contributed by atoms with Crippen LogP contribution < -0.4 is 0 Å². The van der Waals surface area contributed by atoms with Crippen LogP contribution in [0.5, 0.6) is 0 Å². The fourth-order valence-corrected chi connectivity index (χ4v) is 0.951. The molecule has 0 aromatic carbocycles. The Morgan fingerprint density at radius 1 is 1.73 bits per heavy atom. The number of rotatable bonds is 0. The number of nitrogens with zero attached hydrogens (tertiary/aromatic N) is 3. The lowest BCUT2D eigenvalue weighted by Crippen LogP contribution is -2.42. The van der Waals surface area contributed by atoms with E-state index in [1.807, 2.05) is 0 Å². The van der Waals surface area contributed by atoms with E-state index in [0.29, 0.717) is 12.7 Å². The molecule has 0 aliphatic carbocycles. The summed E-state index contributed by atoms with van der Waals surface area (Å²) in [6.07, 6.45) is 3.24. The minimum absolute atomic E-state index is 0.264. The molecule has 11 heavy (non-hydrogen) atoms. The number of amides is 2. The number of carbonyl (C=O) groups is 1. The van der Waals surface area contributed by atoms with Crippen molar-refractivity contribution in [3.8, 4) is 0 Å². The van der Waals surface area contributed by atoms with E-state index in [1.165, 1.54) is 11.2 Å². The zero-order chi connectivity index (χ0) is 7.84. The minimum atomic E-state index is -0.264. The first-order chi connectivity index (χ1) is 5.27. The van der Waals surface area contributed by atoms with E-state index < -0.39 is 0 Å². The number of hydrogen-bond acceptors (Lipinski definition) is 3. The van der Waals surface area contributed by atoms with Crippen molar-refractivity contribution in [2.24, 2.45) is 4.99 Å². The van der Waals surface area contributed by atoms with Crippen LogP contribution in [0.3, 0.4) is 0 Å². The van der Waals surface area contributed by atoms with E-state index in [-0.39, 0.29) is 6.03 Å². The molecular formula is C6H7N3O2. The Morgan fingerprint density at radius 2 is 2.55 bits per heavy atom. The first-order valence-electron chi connectivity index (χ1n) is 3.21. The molecule has 5 nitrogen and oxygen atoms in total. The van der Waals surface area contributed by atoms with Gasteiger partial charge in [0.1, 0.15) is 12.9 Å². The first-order valence-corrected chi connectivity index (χ1v) is 3.21. The van der Waals surface area contributed by atoms with Crippen molar-refractivity contribution in [3.63, 3.8) is 0 Å². The number of aliphatic imine (C=N–C) groups is 1. The fraction of sp³-hybridized carbons (Fsp3) is 0.333. The lowest BCUT2D eigenvalue weighted by atomic mass is 10.6. The van der Waals surface area contributed by atoms with Gasteiger partial charge < -0.3 is 9.64 Å². The molecule has 2 amide bonds. The summed E-state index contributed by atoms with van der Waals surface area (Å²) in [5.74, 6) is 0. The molecule has 0 atom stereocenters. The Hall–Kier alpha value is -1.52. The molecule has 0 N–H and O–H groups in total. The molecule has 2 rings (SSSR count). The normalized spacial score (nSPS) is 21.5. The quantitative estimate of drug-likeness (QED) is 0.498. The molecule has 0 fully saturated rings. The van der Waals surface area contributed by atoms with E-state index in [0.717, 1.165) is 0 Å². The molecule has 58 valence electrons. The van der Waals surface area contributed by atoms with Gasteiger partial charge in [0.15, 0.2) is 0 Å². The number of fused-ring (bicyclic) bond motifs is 1. The van der Waals surface area contributed by atoms with Crippen molar-refractivity contribution < 1.29 is 9.53 Å². The van der Waals surface area contributed by atoms with Crippen LogP contribution in [-0.2, 0) is 4.74 Å². The van der Waals surface area contributed by atoms with Crippen molar-refractivity contribution in [2.75, 3.05) is 13.7 Å². The molecule has 0 radical (unpaired) electrons. The maximum absolute atomic E-state index is 10.9. The summed E-state index contributed by atoms with van der Waals surface area (Å²) < 4.78 is 4.92. The van der Waals surface area contributed by atoms with Gasteiger partial charge in [0.25, 0.3) is 0 Å². The highest BCUT2D eigenvalue weighted by Crippen LogP contribution is 2.11. The van der Waals surface area contributed by atoms with Crippen LogP contribution in [0.25, 0.3) is 0 Å².